The molecule has 1 fully saturated rings. The average Bonchev–Trinajstić information content (AvgIpc) is 2.92. The maximum absolute atomic E-state index is 12.3. The number of benzene rings is 1. The van der Waals surface area contributed by atoms with Crippen LogP contribution in [0, 0.1) is 5.92 Å². The first kappa shape index (κ1) is 14.0. The SMILES string of the molecule is O=C(CC1CCNC1)N(CCO)Cc1ccccc1. The number of aliphatic hydroxyl groups excluding tert-OH is 1. The first-order valence-corrected chi connectivity index (χ1v) is 6.93. The van der Waals surface area contributed by atoms with Gasteiger partial charge in [0.2, 0.25) is 5.91 Å². The highest BCUT2D eigenvalue weighted by Gasteiger charge is 2.21. The fourth-order valence-electron chi connectivity index (χ4n) is 2.48. The normalized spacial score (nSPS) is 18.5. The van der Waals surface area contributed by atoms with E-state index in [4.69, 9.17) is 5.11 Å². The molecular weight excluding hydrogens is 240 g/mol. The topological polar surface area (TPSA) is 52.6 Å². The Morgan fingerprint density at radius 3 is 2.79 bits per heavy atom. The third-order valence-electron chi connectivity index (χ3n) is 3.56. The third-order valence-corrected chi connectivity index (χ3v) is 3.56. The lowest BCUT2D eigenvalue weighted by Crippen LogP contribution is -2.34. The summed E-state index contributed by atoms with van der Waals surface area (Å²) in [7, 11) is 0. The monoisotopic (exact) mass is 262 g/mol. The lowest BCUT2D eigenvalue weighted by molar-refractivity contribution is -0.133. The van der Waals surface area contributed by atoms with E-state index in [2.05, 4.69) is 5.32 Å². The van der Waals surface area contributed by atoms with E-state index in [1.807, 2.05) is 30.3 Å². The largest absolute Gasteiger partial charge is 0.395 e. The predicted molar refractivity (Wildman–Crippen MR) is 74.5 cm³/mol. The lowest BCUT2D eigenvalue weighted by atomic mass is 10.0. The minimum absolute atomic E-state index is 0.0154. The second-order valence-corrected chi connectivity index (χ2v) is 5.09. The molecule has 4 nitrogen and oxygen atoms in total. The van der Waals surface area contributed by atoms with Crippen molar-refractivity contribution in [3.8, 4) is 0 Å². The van der Waals surface area contributed by atoms with Crippen molar-refractivity contribution >= 4 is 5.91 Å². The highest BCUT2D eigenvalue weighted by Crippen LogP contribution is 2.15. The molecule has 1 heterocycles. The minimum Gasteiger partial charge on any atom is -0.395 e. The first-order valence-electron chi connectivity index (χ1n) is 6.93. The van der Waals surface area contributed by atoms with Gasteiger partial charge in [-0.25, -0.2) is 0 Å². The van der Waals surface area contributed by atoms with Crippen molar-refractivity contribution in [2.24, 2.45) is 5.92 Å². The van der Waals surface area contributed by atoms with Crippen molar-refractivity contribution in [1.82, 2.24) is 10.2 Å². The van der Waals surface area contributed by atoms with Gasteiger partial charge in [0.05, 0.1) is 6.61 Å². The molecule has 1 aliphatic heterocycles. The van der Waals surface area contributed by atoms with Gasteiger partial charge >= 0.3 is 0 Å². The Balaban J connectivity index is 1.92. The zero-order valence-corrected chi connectivity index (χ0v) is 11.2. The van der Waals surface area contributed by atoms with Gasteiger partial charge in [0.15, 0.2) is 0 Å². The number of rotatable bonds is 6. The van der Waals surface area contributed by atoms with Gasteiger partial charge in [-0.15, -0.1) is 0 Å². The number of nitrogens with zero attached hydrogens (tertiary/aromatic N) is 1. The molecule has 1 amide bonds. The molecule has 1 atom stereocenters. The highest BCUT2D eigenvalue weighted by molar-refractivity contribution is 5.76. The number of aliphatic hydroxyl groups is 1. The number of carbonyl (C=O) groups is 1. The smallest absolute Gasteiger partial charge is 0.223 e. The van der Waals surface area contributed by atoms with E-state index in [1.165, 1.54) is 0 Å². The van der Waals surface area contributed by atoms with Gasteiger partial charge in [0, 0.05) is 19.5 Å². The van der Waals surface area contributed by atoms with Crippen LogP contribution < -0.4 is 5.32 Å². The van der Waals surface area contributed by atoms with E-state index in [0.29, 0.717) is 25.4 Å². The van der Waals surface area contributed by atoms with Crippen LogP contribution in [0.5, 0.6) is 0 Å². The summed E-state index contributed by atoms with van der Waals surface area (Å²) in [6, 6.07) is 9.92. The van der Waals surface area contributed by atoms with Crippen LogP contribution in [-0.4, -0.2) is 42.2 Å². The van der Waals surface area contributed by atoms with Crippen LogP contribution in [0.15, 0.2) is 30.3 Å². The third kappa shape index (κ3) is 4.33. The molecule has 0 radical (unpaired) electrons. The Hall–Kier alpha value is -1.39. The molecule has 1 aromatic rings. The summed E-state index contributed by atoms with van der Waals surface area (Å²) in [6.07, 6.45) is 1.66. The summed E-state index contributed by atoms with van der Waals surface area (Å²) in [5.41, 5.74) is 1.11. The van der Waals surface area contributed by atoms with E-state index >= 15 is 0 Å². The molecule has 0 aromatic heterocycles. The Bertz CT molecular complexity index is 388. The van der Waals surface area contributed by atoms with Crippen LogP contribution in [0.25, 0.3) is 0 Å². The van der Waals surface area contributed by atoms with Gasteiger partial charge in [-0.1, -0.05) is 30.3 Å². The fourth-order valence-corrected chi connectivity index (χ4v) is 2.48. The van der Waals surface area contributed by atoms with Crippen molar-refractivity contribution in [3.63, 3.8) is 0 Å². The number of hydrogen-bond acceptors (Lipinski definition) is 3. The van der Waals surface area contributed by atoms with Gasteiger partial charge in [-0.2, -0.15) is 0 Å². The Labute approximate surface area is 114 Å². The molecule has 1 aliphatic rings. The predicted octanol–water partition coefficient (Wildman–Crippen LogP) is 1.01. The molecule has 2 N–H and O–H groups in total. The second-order valence-electron chi connectivity index (χ2n) is 5.09. The fraction of sp³-hybridized carbons (Fsp3) is 0.533. The van der Waals surface area contributed by atoms with Gasteiger partial charge < -0.3 is 15.3 Å². The molecule has 0 bridgehead atoms. The molecule has 4 heteroatoms. The highest BCUT2D eigenvalue weighted by atomic mass is 16.3. The van der Waals surface area contributed by atoms with Crippen molar-refractivity contribution in [1.29, 1.82) is 0 Å². The molecule has 2 rings (SSSR count). The summed E-state index contributed by atoms with van der Waals surface area (Å²) in [5, 5.41) is 12.4. The molecule has 0 spiro atoms. The van der Waals surface area contributed by atoms with E-state index in [1.54, 1.807) is 4.90 Å². The van der Waals surface area contributed by atoms with Crippen LogP contribution >= 0.6 is 0 Å². The summed E-state index contributed by atoms with van der Waals surface area (Å²) in [6.45, 7) is 2.95. The number of amides is 1. The molecule has 1 saturated heterocycles. The summed E-state index contributed by atoms with van der Waals surface area (Å²) >= 11 is 0. The zero-order valence-electron chi connectivity index (χ0n) is 11.2. The Morgan fingerprint density at radius 1 is 1.37 bits per heavy atom. The molecule has 1 aromatic carbocycles. The number of nitrogens with one attached hydrogen (secondary N) is 1. The zero-order chi connectivity index (χ0) is 13.5. The van der Waals surface area contributed by atoms with Crippen molar-refractivity contribution in [3.05, 3.63) is 35.9 Å². The average molecular weight is 262 g/mol. The van der Waals surface area contributed by atoms with Crippen LogP contribution in [0.2, 0.25) is 0 Å². The molecule has 104 valence electrons. The maximum Gasteiger partial charge on any atom is 0.223 e. The van der Waals surface area contributed by atoms with Crippen molar-refractivity contribution in [2.75, 3.05) is 26.2 Å². The molecule has 19 heavy (non-hydrogen) atoms. The Kier molecular flexibility index (Phi) is 5.36. The van der Waals surface area contributed by atoms with Crippen LogP contribution in [-0.2, 0) is 11.3 Å². The molecular formula is C15H22N2O2. The lowest BCUT2D eigenvalue weighted by Gasteiger charge is -2.23. The van der Waals surface area contributed by atoms with Crippen LogP contribution in [0.4, 0.5) is 0 Å². The van der Waals surface area contributed by atoms with Gasteiger partial charge in [-0.05, 0) is 31.0 Å². The first-order chi connectivity index (χ1) is 9.29. The van der Waals surface area contributed by atoms with E-state index in [0.717, 1.165) is 25.1 Å². The van der Waals surface area contributed by atoms with E-state index < -0.39 is 0 Å². The van der Waals surface area contributed by atoms with Crippen LogP contribution in [0.3, 0.4) is 0 Å². The van der Waals surface area contributed by atoms with Crippen molar-refractivity contribution < 1.29 is 9.90 Å². The van der Waals surface area contributed by atoms with Gasteiger partial charge in [0.25, 0.3) is 0 Å². The Morgan fingerprint density at radius 2 is 2.16 bits per heavy atom. The molecule has 1 unspecified atom stereocenters. The minimum atomic E-state index is 0.0154. The summed E-state index contributed by atoms with van der Waals surface area (Å²) in [5.74, 6) is 0.594. The van der Waals surface area contributed by atoms with Gasteiger partial charge in [-0.3, -0.25) is 4.79 Å². The molecule has 0 saturated carbocycles. The van der Waals surface area contributed by atoms with Crippen LogP contribution in [0.1, 0.15) is 18.4 Å². The van der Waals surface area contributed by atoms with Crippen molar-refractivity contribution in [2.45, 2.75) is 19.4 Å². The summed E-state index contributed by atoms with van der Waals surface area (Å²) in [4.78, 5) is 14.0. The van der Waals surface area contributed by atoms with E-state index in [9.17, 15) is 4.79 Å². The van der Waals surface area contributed by atoms with Gasteiger partial charge in [0.1, 0.15) is 0 Å². The maximum atomic E-state index is 12.3. The second kappa shape index (κ2) is 7.26. The summed E-state index contributed by atoms with van der Waals surface area (Å²) < 4.78 is 0. The molecule has 0 aliphatic carbocycles. The number of hydrogen-bond donors (Lipinski definition) is 2. The standard InChI is InChI=1S/C15H22N2O2/c18-9-8-17(12-13-4-2-1-3-5-13)15(19)10-14-6-7-16-11-14/h1-5,14,16,18H,6-12H2. The number of carbonyl (C=O) groups excluding carboxylic acids is 1. The van der Waals surface area contributed by atoms with E-state index in [-0.39, 0.29) is 12.5 Å². The quantitative estimate of drug-likeness (QED) is 0.804.